The largest absolute Gasteiger partial charge is 0.496 e. The number of amides is 1. The lowest BCUT2D eigenvalue weighted by Crippen LogP contribution is -2.24. The molecule has 8 heteroatoms. The number of halogens is 2. The Balaban J connectivity index is 2.75. The molecule has 0 radical (unpaired) electrons. The van der Waals surface area contributed by atoms with Gasteiger partial charge in [-0.1, -0.05) is 24.8 Å². The number of methoxy groups -OCH3 is 2. The zero-order valence-electron chi connectivity index (χ0n) is 15.1. The van der Waals surface area contributed by atoms with Crippen molar-refractivity contribution >= 4 is 17.7 Å². The molecule has 3 N–H and O–H groups in total. The third-order valence-electron chi connectivity index (χ3n) is 3.25. The first-order chi connectivity index (χ1) is 13.0. The van der Waals surface area contributed by atoms with Crippen molar-refractivity contribution in [3.05, 3.63) is 82.6 Å². The van der Waals surface area contributed by atoms with E-state index in [-0.39, 0.29) is 5.88 Å². The molecule has 27 heavy (non-hydrogen) atoms. The van der Waals surface area contributed by atoms with E-state index in [0.29, 0.717) is 23.6 Å². The first kappa shape index (κ1) is 22.5. The van der Waals surface area contributed by atoms with Gasteiger partial charge < -0.3 is 20.5 Å². The molecule has 146 valence electrons. The predicted octanol–water partition coefficient (Wildman–Crippen LogP) is 3.47. The van der Waals surface area contributed by atoms with Gasteiger partial charge >= 0.3 is 0 Å². The maximum absolute atomic E-state index is 13.6. The van der Waals surface area contributed by atoms with Crippen LogP contribution in [0.15, 0.2) is 65.4 Å². The van der Waals surface area contributed by atoms with Crippen molar-refractivity contribution in [2.24, 2.45) is 5.73 Å². The van der Waals surface area contributed by atoms with Crippen LogP contribution in [0.5, 0.6) is 0 Å². The summed E-state index contributed by atoms with van der Waals surface area (Å²) >= 11 is 1.15. The SMILES string of the molecule is C=CC(/C(N)=C/SCNC(=O)c1c(F)cccc1F)=C(\C=C/COC)OC. The fourth-order valence-corrected chi connectivity index (χ4v) is 2.59. The molecule has 0 aliphatic carbocycles. The molecule has 0 unspecified atom stereocenters. The predicted molar refractivity (Wildman–Crippen MR) is 104 cm³/mol. The minimum Gasteiger partial charge on any atom is -0.496 e. The summed E-state index contributed by atoms with van der Waals surface area (Å²) in [7, 11) is 3.07. The van der Waals surface area contributed by atoms with Crippen LogP contribution in [-0.2, 0) is 9.47 Å². The number of nitrogens with two attached hydrogens (primary N) is 1. The van der Waals surface area contributed by atoms with Crippen molar-refractivity contribution in [3.63, 3.8) is 0 Å². The summed E-state index contributed by atoms with van der Waals surface area (Å²) in [6, 6.07) is 3.23. The Kier molecular flexibility index (Phi) is 9.92. The Labute approximate surface area is 161 Å². The number of ether oxygens (including phenoxy) is 2. The van der Waals surface area contributed by atoms with Gasteiger partial charge in [-0.05, 0) is 23.6 Å². The summed E-state index contributed by atoms with van der Waals surface area (Å²) < 4.78 is 37.3. The second kappa shape index (κ2) is 11.9. The third kappa shape index (κ3) is 6.92. The molecule has 1 amide bonds. The first-order valence-corrected chi connectivity index (χ1v) is 8.87. The van der Waals surface area contributed by atoms with Crippen LogP contribution < -0.4 is 11.1 Å². The molecule has 0 aromatic heterocycles. The van der Waals surface area contributed by atoms with E-state index in [4.69, 9.17) is 15.2 Å². The van der Waals surface area contributed by atoms with Crippen molar-refractivity contribution in [2.45, 2.75) is 0 Å². The Morgan fingerprint density at radius 2 is 2.00 bits per heavy atom. The summed E-state index contributed by atoms with van der Waals surface area (Å²) in [4.78, 5) is 11.9. The molecule has 1 rings (SSSR count). The van der Waals surface area contributed by atoms with Gasteiger partial charge in [-0.3, -0.25) is 4.79 Å². The van der Waals surface area contributed by atoms with Crippen LogP contribution in [0.25, 0.3) is 0 Å². The van der Waals surface area contributed by atoms with Gasteiger partial charge in [-0.2, -0.15) is 0 Å². The minimum atomic E-state index is -0.919. The number of nitrogens with one attached hydrogen (secondary N) is 1. The third-order valence-corrected chi connectivity index (χ3v) is 3.98. The molecule has 0 spiro atoms. The number of hydrogen-bond acceptors (Lipinski definition) is 5. The summed E-state index contributed by atoms with van der Waals surface area (Å²) in [5, 5.41) is 4.00. The lowest BCUT2D eigenvalue weighted by atomic mass is 10.1. The summed E-state index contributed by atoms with van der Waals surface area (Å²) in [6.45, 7) is 4.12. The van der Waals surface area contributed by atoms with Crippen LogP contribution in [0.1, 0.15) is 10.4 Å². The number of hydrogen-bond donors (Lipinski definition) is 2. The second-order valence-electron chi connectivity index (χ2n) is 5.03. The zero-order valence-corrected chi connectivity index (χ0v) is 15.9. The minimum absolute atomic E-state index is 0.0690. The Morgan fingerprint density at radius 1 is 1.33 bits per heavy atom. The fraction of sp³-hybridized carbons (Fsp3) is 0.211. The van der Waals surface area contributed by atoms with E-state index < -0.39 is 23.1 Å². The normalized spacial score (nSPS) is 12.7. The number of allylic oxidation sites excluding steroid dienone is 2. The highest BCUT2D eigenvalue weighted by Crippen LogP contribution is 2.18. The Bertz CT molecular complexity index is 741. The number of carbonyl (C=O) groups is 1. The summed E-state index contributed by atoms with van der Waals surface area (Å²) in [5.74, 6) is -2.12. The first-order valence-electron chi connectivity index (χ1n) is 7.82. The monoisotopic (exact) mass is 396 g/mol. The van der Waals surface area contributed by atoms with Crippen molar-refractivity contribution in [1.29, 1.82) is 0 Å². The maximum Gasteiger partial charge on any atom is 0.257 e. The topological polar surface area (TPSA) is 73.6 Å². The summed E-state index contributed by atoms with van der Waals surface area (Å²) in [5.41, 5.74) is 6.32. The zero-order chi connectivity index (χ0) is 20.2. The van der Waals surface area contributed by atoms with Crippen LogP contribution in [0.2, 0.25) is 0 Å². The van der Waals surface area contributed by atoms with E-state index in [2.05, 4.69) is 11.9 Å². The highest BCUT2D eigenvalue weighted by Gasteiger charge is 2.16. The van der Waals surface area contributed by atoms with E-state index >= 15 is 0 Å². The van der Waals surface area contributed by atoms with E-state index in [1.807, 2.05) is 0 Å². The smallest absolute Gasteiger partial charge is 0.257 e. The number of benzene rings is 1. The quantitative estimate of drug-likeness (QED) is 0.274. The molecule has 0 atom stereocenters. The molecule has 0 bridgehead atoms. The second-order valence-corrected chi connectivity index (χ2v) is 5.89. The average molecular weight is 396 g/mol. The van der Waals surface area contributed by atoms with E-state index in [1.54, 1.807) is 24.7 Å². The number of rotatable bonds is 10. The molecule has 5 nitrogen and oxygen atoms in total. The lowest BCUT2D eigenvalue weighted by Gasteiger charge is -2.09. The van der Waals surface area contributed by atoms with Crippen LogP contribution in [-0.4, -0.2) is 32.6 Å². The van der Waals surface area contributed by atoms with Crippen LogP contribution in [0.3, 0.4) is 0 Å². The van der Waals surface area contributed by atoms with Gasteiger partial charge in [0.05, 0.1) is 19.6 Å². The van der Waals surface area contributed by atoms with Gasteiger partial charge in [0.15, 0.2) is 0 Å². The van der Waals surface area contributed by atoms with Gasteiger partial charge in [-0.25, -0.2) is 8.78 Å². The van der Waals surface area contributed by atoms with E-state index in [0.717, 1.165) is 23.9 Å². The highest BCUT2D eigenvalue weighted by atomic mass is 32.2. The number of carbonyl (C=O) groups excluding carboxylic acids is 1. The lowest BCUT2D eigenvalue weighted by molar-refractivity contribution is 0.0952. The average Bonchev–Trinajstić information content (AvgIpc) is 2.64. The number of thioether (sulfide) groups is 1. The van der Waals surface area contributed by atoms with Crippen molar-refractivity contribution in [3.8, 4) is 0 Å². The van der Waals surface area contributed by atoms with Crippen LogP contribution in [0.4, 0.5) is 8.78 Å². The maximum atomic E-state index is 13.6. The van der Waals surface area contributed by atoms with E-state index in [1.165, 1.54) is 19.3 Å². The van der Waals surface area contributed by atoms with Gasteiger partial charge in [-0.15, -0.1) is 11.8 Å². The molecule has 0 fully saturated rings. The summed E-state index contributed by atoms with van der Waals surface area (Å²) in [6.07, 6.45) is 5.00. The van der Waals surface area contributed by atoms with Crippen molar-refractivity contribution in [1.82, 2.24) is 5.32 Å². The molecule has 0 heterocycles. The van der Waals surface area contributed by atoms with Gasteiger partial charge in [0, 0.05) is 18.4 Å². The molecule has 1 aromatic rings. The van der Waals surface area contributed by atoms with E-state index in [9.17, 15) is 13.6 Å². The van der Waals surface area contributed by atoms with Crippen molar-refractivity contribution in [2.75, 3.05) is 26.7 Å². The van der Waals surface area contributed by atoms with Crippen molar-refractivity contribution < 1.29 is 23.0 Å². The highest BCUT2D eigenvalue weighted by molar-refractivity contribution is 8.02. The van der Waals surface area contributed by atoms with Gasteiger partial charge in [0.25, 0.3) is 5.91 Å². The molecule has 0 saturated carbocycles. The molecular weight excluding hydrogens is 374 g/mol. The molecule has 1 aromatic carbocycles. The van der Waals surface area contributed by atoms with Gasteiger partial charge in [0.2, 0.25) is 0 Å². The molecular formula is C19H22F2N2O3S. The van der Waals surface area contributed by atoms with Crippen LogP contribution >= 0.6 is 11.8 Å². The molecule has 0 aliphatic heterocycles. The fourth-order valence-electron chi connectivity index (χ4n) is 1.99. The standard InChI is InChI=1S/C19H22F2N2O3S/c1-4-13(17(26-3)9-6-10-25-2)16(22)11-27-12-23-19(24)18-14(20)7-5-8-15(18)21/h4-9,11H,1,10,12,22H2,2-3H3,(H,23,24)/b9-6-,16-11-,17-13-. The molecule has 0 aliphatic rings. The molecule has 0 saturated heterocycles. The Morgan fingerprint density at radius 3 is 2.56 bits per heavy atom. The Hall–Kier alpha value is -2.58. The van der Waals surface area contributed by atoms with Gasteiger partial charge in [0.1, 0.15) is 23.0 Å². The van der Waals surface area contributed by atoms with Crippen LogP contribution in [0, 0.1) is 11.6 Å².